The molecule has 0 N–H and O–H groups in total. The number of ether oxygens (including phenoxy) is 4. The Labute approximate surface area is 247 Å². The van der Waals surface area contributed by atoms with E-state index in [4.69, 9.17) is 18.9 Å². The predicted octanol–water partition coefficient (Wildman–Crippen LogP) is 4.12. The van der Waals surface area contributed by atoms with Crippen LogP contribution in [0.4, 0.5) is 10.6 Å². The van der Waals surface area contributed by atoms with Crippen LogP contribution in [0.3, 0.4) is 0 Å². The molecule has 12 heteroatoms. The van der Waals surface area contributed by atoms with Crippen molar-refractivity contribution < 1.29 is 28.5 Å². The van der Waals surface area contributed by atoms with Gasteiger partial charge in [0, 0.05) is 33.4 Å². The molecule has 3 unspecified atom stereocenters. The van der Waals surface area contributed by atoms with E-state index < -0.39 is 23.8 Å². The minimum atomic E-state index is -0.787. The Hall–Kier alpha value is -3.77. The molecule has 0 saturated carbocycles. The molecule has 0 radical (unpaired) electrons. The van der Waals surface area contributed by atoms with Crippen LogP contribution in [-0.4, -0.2) is 83.5 Å². The van der Waals surface area contributed by atoms with Crippen molar-refractivity contribution in [2.24, 2.45) is 10.9 Å². The summed E-state index contributed by atoms with van der Waals surface area (Å²) < 4.78 is 23.7. The number of benzene rings is 1. The molecule has 1 aliphatic rings. The highest BCUT2D eigenvalue weighted by Crippen LogP contribution is 2.21. The monoisotopic (exact) mass is 585 g/mol. The molecule has 0 spiro atoms. The maximum Gasteiger partial charge on any atom is 0.410 e. The van der Waals surface area contributed by atoms with Gasteiger partial charge in [-0.1, -0.05) is 43.7 Å². The van der Waals surface area contributed by atoms with Crippen LogP contribution in [0.1, 0.15) is 58.7 Å². The summed E-state index contributed by atoms with van der Waals surface area (Å²) in [4.78, 5) is 49.3. The van der Waals surface area contributed by atoms with E-state index >= 15 is 0 Å². The number of hydrogen-bond acceptors (Lipinski definition) is 9. The molecular formula is C30H43N5O7. The fourth-order valence-electron chi connectivity index (χ4n) is 4.07. The summed E-state index contributed by atoms with van der Waals surface area (Å²) in [5, 5.41) is 0. The molecule has 1 fully saturated rings. The van der Waals surface area contributed by atoms with Gasteiger partial charge in [0.2, 0.25) is 0 Å². The molecule has 2 aromatic rings. The molecule has 1 saturated heterocycles. The molecule has 1 aliphatic heterocycles. The van der Waals surface area contributed by atoms with Crippen LogP contribution < -0.4 is 5.69 Å². The first-order valence-electron chi connectivity index (χ1n) is 14.2. The SMILES string of the molecule is CC(CCCCN(Cc1ccccc1)C(=O)OC(C)(C)C)C(=O)OCC1OCC(n2ccc(N=CN(C)C)nc2=O)O1. The average molecular weight is 586 g/mol. The lowest BCUT2D eigenvalue weighted by molar-refractivity contribution is -0.163. The van der Waals surface area contributed by atoms with Gasteiger partial charge in [-0.15, -0.1) is 0 Å². The number of unbranched alkanes of at least 4 members (excludes halogenated alkanes) is 1. The van der Waals surface area contributed by atoms with Gasteiger partial charge in [0.1, 0.15) is 12.2 Å². The van der Waals surface area contributed by atoms with E-state index in [0.717, 1.165) is 12.0 Å². The van der Waals surface area contributed by atoms with Gasteiger partial charge >= 0.3 is 17.8 Å². The highest BCUT2D eigenvalue weighted by molar-refractivity contribution is 5.72. The van der Waals surface area contributed by atoms with Crippen molar-refractivity contribution in [2.45, 2.75) is 71.6 Å². The van der Waals surface area contributed by atoms with Crippen LogP contribution in [0.5, 0.6) is 0 Å². The Bertz CT molecular complexity index is 1240. The molecule has 2 heterocycles. The van der Waals surface area contributed by atoms with Crippen LogP contribution in [-0.2, 0) is 30.3 Å². The summed E-state index contributed by atoms with van der Waals surface area (Å²) in [5.74, 6) is -0.411. The van der Waals surface area contributed by atoms with Gasteiger partial charge in [-0.2, -0.15) is 4.98 Å². The lowest BCUT2D eigenvalue weighted by atomic mass is 10.0. The van der Waals surface area contributed by atoms with E-state index in [2.05, 4.69) is 9.98 Å². The van der Waals surface area contributed by atoms with E-state index in [1.165, 1.54) is 4.57 Å². The fourth-order valence-corrected chi connectivity index (χ4v) is 4.07. The van der Waals surface area contributed by atoms with Gasteiger partial charge in [0.05, 0.1) is 18.9 Å². The molecule has 3 rings (SSSR count). The highest BCUT2D eigenvalue weighted by atomic mass is 16.7. The van der Waals surface area contributed by atoms with Crippen LogP contribution >= 0.6 is 0 Å². The number of amides is 1. The molecule has 1 amide bonds. The summed E-state index contributed by atoms with van der Waals surface area (Å²) in [6, 6.07) is 11.4. The molecule has 1 aromatic heterocycles. The third-order valence-electron chi connectivity index (χ3n) is 6.23. The van der Waals surface area contributed by atoms with Crippen LogP contribution in [0, 0.1) is 5.92 Å². The number of hydrogen-bond donors (Lipinski definition) is 0. The molecular weight excluding hydrogens is 542 g/mol. The average Bonchev–Trinajstić information content (AvgIpc) is 3.40. The van der Waals surface area contributed by atoms with Crippen molar-refractivity contribution in [1.82, 2.24) is 19.4 Å². The smallest absolute Gasteiger partial charge is 0.410 e. The Balaban J connectivity index is 1.41. The summed E-state index contributed by atoms with van der Waals surface area (Å²) in [5.41, 5.74) is -0.0847. The van der Waals surface area contributed by atoms with E-state index in [-0.39, 0.29) is 37.0 Å². The number of carbonyl (C=O) groups excluding carboxylic acids is 2. The van der Waals surface area contributed by atoms with Gasteiger partial charge in [0.15, 0.2) is 18.3 Å². The lowest BCUT2D eigenvalue weighted by Gasteiger charge is -2.27. The van der Waals surface area contributed by atoms with Gasteiger partial charge in [-0.05, 0) is 45.2 Å². The van der Waals surface area contributed by atoms with E-state index in [1.807, 2.05) is 72.1 Å². The topological polar surface area (TPSA) is 125 Å². The number of aromatic nitrogens is 2. The van der Waals surface area contributed by atoms with Gasteiger partial charge in [-0.25, -0.2) is 14.6 Å². The number of carbonyl (C=O) groups is 2. The minimum Gasteiger partial charge on any atom is -0.460 e. The first-order valence-corrected chi connectivity index (χ1v) is 14.2. The first-order chi connectivity index (χ1) is 19.9. The zero-order valence-corrected chi connectivity index (χ0v) is 25.4. The molecule has 230 valence electrons. The van der Waals surface area contributed by atoms with Crippen molar-refractivity contribution >= 4 is 24.2 Å². The zero-order valence-electron chi connectivity index (χ0n) is 25.4. The second kappa shape index (κ2) is 15.5. The molecule has 1 aromatic carbocycles. The zero-order chi connectivity index (χ0) is 30.7. The standard InChI is InChI=1S/C30H43N5O7/c1-22(12-10-11-16-34(29(38)42-30(2,3)4)18-23-13-8-7-9-14-23)27(36)40-20-26-39-19-25(41-26)35-17-15-24(32-28(35)37)31-21-33(5)6/h7-9,13-15,17,21-22,25-26H,10-12,16,18-20H2,1-6H3. The third-order valence-corrected chi connectivity index (χ3v) is 6.23. The molecule has 0 aliphatic carbocycles. The van der Waals surface area contributed by atoms with Crippen molar-refractivity contribution in [1.29, 1.82) is 0 Å². The maximum atomic E-state index is 12.8. The third kappa shape index (κ3) is 10.9. The first kappa shape index (κ1) is 32.7. The lowest BCUT2D eigenvalue weighted by Crippen LogP contribution is -2.37. The van der Waals surface area contributed by atoms with Crippen LogP contribution in [0.15, 0.2) is 52.4 Å². The van der Waals surface area contributed by atoms with Gasteiger partial charge in [0.25, 0.3) is 0 Å². The minimum absolute atomic E-state index is 0.0867. The van der Waals surface area contributed by atoms with Crippen LogP contribution in [0.25, 0.3) is 0 Å². The summed E-state index contributed by atoms with van der Waals surface area (Å²) in [7, 11) is 3.63. The van der Waals surface area contributed by atoms with E-state index in [0.29, 0.717) is 25.9 Å². The molecule has 3 atom stereocenters. The van der Waals surface area contributed by atoms with E-state index in [1.54, 1.807) is 28.4 Å². The van der Waals surface area contributed by atoms with Crippen molar-refractivity contribution in [3.05, 3.63) is 58.6 Å². The van der Waals surface area contributed by atoms with Crippen molar-refractivity contribution in [2.75, 3.05) is 33.9 Å². The number of rotatable bonds is 13. The molecule has 0 bridgehead atoms. The fraction of sp³-hybridized carbons (Fsp3) is 0.567. The summed E-state index contributed by atoms with van der Waals surface area (Å²) >= 11 is 0. The van der Waals surface area contributed by atoms with Crippen molar-refractivity contribution in [3.63, 3.8) is 0 Å². The Morgan fingerprint density at radius 1 is 1.19 bits per heavy atom. The predicted molar refractivity (Wildman–Crippen MR) is 157 cm³/mol. The highest BCUT2D eigenvalue weighted by Gasteiger charge is 2.30. The molecule has 12 nitrogen and oxygen atoms in total. The van der Waals surface area contributed by atoms with E-state index in [9.17, 15) is 14.4 Å². The summed E-state index contributed by atoms with van der Waals surface area (Å²) in [6.07, 6.45) is 3.32. The second-order valence-corrected chi connectivity index (χ2v) is 11.5. The van der Waals surface area contributed by atoms with Crippen molar-refractivity contribution in [3.8, 4) is 0 Å². The van der Waals surface area contributed by atoms with Gasteiger partial charge < -0.3 is 28.7 Å². The normalized spacial score (nSPS) is 17.7. The Kier molecular flexibility index (Phi) is 12.0. The Morgan fingerprint density at radius 3 is 2.60 bits per heavy atom. The van der Waals surface area contributed by atoms with Crippen LogP contribution in [0.2, 0.25) is 0 Å². The summed E-state index contributed by atoms with van der Waals surface area (Å²) in [6.45, 7) is 8.34. The largest absolute Gasteiger partial charge is 0.460 e. The van der Waals surface area contributed by atoms with Gasteiger partial charge in [-0.3, -0.25) is 9.36 Å². The number of esters is 1. The number of aliphatic imine (C=N–C) groups is 1. The quantitative estimate of drug-likeness (QED) is 0.148. The second-order valence-electron chi connectivity index (χ2n) is 11.5. The molecule has 42 heavy (non-hydrogen) atoms. The number of nitrogens with zero attached hydrogens (tertiary/aromatic N) is 5. The maximum absolute atomic E-state index is 12.8. The Morgan fingerprint density at radius 2 is 1.93 bits per heavy atom.